The van der Waals surface area contributed by atoms with Crippen molar-refractivity contribution in [3.05, 3.63) is 70.1 Å². The minimum Gasteiger partial charge on any atom is -0.382 e. The number of halogens is 2. The maximum atomic E-state index is 13.2. The van der Waals surface area contributed by atoms with Crippen LogP contribution in [0.2, 0.25) is 5.02 Å². The van der Waals surface area contributed by atoms with Gasteiger partial charge < -0.3 is 11.1 Å². The molecule has 1 aromatic heterocycles. The largest absolute Gasteiger partial charge is 0.382 e. The number of hydrogen-bond donors (Lipinski definition) is 2. The Labute approximate surface area is 148 Å². The second-order valence-corrected chi connectivity index (χ2v) is 5.96. The molecular weight excluding hydrogens is 345 g/mol. The Hall–Kier alpha value is -2.93. The highest BCUT2D eigenvalue weighted by atomic mass is 35.5. The van der Waals surface area contributed by atoms with Gasteiger partial charge in [-0.1, -0.05) is 46.6 Å². The molecule has 0 aliphatic rings. The fourth-order valence-electron chi connectivity index (χ4n) is 2.23. The van der Waals surface area contributed by atoms with Gasteiger partial charge in [-0.25, -0.2) is 9.07 Å². The van der Waals surface area contributed by atoms with Crippen molar-refractivity contribution in [3.8, 4) is 0 Å². The Balaban J connectivity index is 1.76. The maximum Gasteiger partial charge on any atom is 0.280 e. The number of rotatable bonds is 4. The van der Waals surface area contributed by atoms with E-state index in [4.69, 9.17) is 17.3 Å². The summed E-state index contributed by atoms with van der Waals surface area (Å²) in [4.78, 5) is 12.3. The quantitative estimate of drug-likeness (QED) is 0.748. The highest BCUT2D eigenvalue weighted by Gasteiger charge is 2.18. The fourth-order valence-corrected chi connectivity index (χ4v) is 2.41. The molecule has 6 nitrogen and oxygen atoms in total. The van der Waals surface area contributed by atoms with Gasteiger partial charge in [-0.15, -0.1) is 5.10 Å². The van der Waals surface area contributed by atoms with Crippen molar-refractivity contribution in [3.63, 3.8) is 0 Å². The van der Waals surface area contributed by atoms with E-state index < -0.39 is 11.7 Å². The number of carbonyl (C=O) groups excluding carboxylic acids is 1. The third-order valence-electron chi connectivity index (χ3n) is 3.62. The van der Waals surface area contributed by atoms with Crippen LogP contribution in [-0.2, 0) is 6.54 Å². The van der Waals surface area contributed by atoms with Gasteiger partial charge in [-0.3, -0.25) is 4.79 Å². The average Bonchev–Trinajstić information content (AvgIpc) is 2.94. The number of nitrogens with one attached hydrogen (secondary N) is 1. The summed E-state index contributed by atoms with van der Waals surface area (Å²) in [6, 6.07) is 11.7. The predicted octanol–water partition coefficient (Wildman–Crippen LogP) is 3.26. The number of nitrogens with zero attached hydrogens (tertiary/aromatic N) is 3. The summed E-state index contributed by atoms with van der Waals surface area (Å²) in [5.74, 6) is -0.968. The van der Waals surface area contributed by atoms with Crippen LogP contribution < -0.4 is 11.1 Å². The summed E-state index contributed by atoms with van der Waals surface area (Å²) in [6.07, 6.45) is 0. The molecule has 0 bridgehead atoms. The van der Waals surface area contributed by atoms with E-state index in [0.717, 1.165) is 17.2 Å². The predicted molar refractivity (Wildman–Crippen MR) is 94.1 cm³/mol. The highest BCUT2D eigenvalue weighted by Crippen LogP contribution is 2.20. The number of hydrogen-bond acceptors (Lipinski definition) is 4. The summed E-state index contributed by atoms with van der Waals surface area (Å²) in [7, 11) is 0. The molecule has 1 heterocycles. The van der Waals surface area contributed by atoms with Crippen LogP contribution in [0.5, 0.6) is 0 Å². The fraction of sp³-hybridized carbons (Fsp3) is 0.118. The molecular formula is C17H15ClFN5O. The van der Waals surface area contributed by atoms with Crippen LogP contribution in [0.25, 0.3) is 0 Å². The average molecular weight is 360 g/mol. The lowest BCUT2D eigenvalue weighted by atomic mass is 10.1. The number of nitrogens with two attached hydrogens (primary N) is 1. The third-order valence-corrected chi connectivity index (χ3v) is 3.91. The molecule has 2 aromatic carbocycles. The molecule has 0 atom stereocenters. The third kappa shape index (κ3) is 3.77. The molecule has 0 radical (unpaired) electrons. The molecule has 3 N–H and O–H groups in total. The second kappa shape index (κ2) is 6.90. The van der Waals surface area contributed by atoms with Crippen molar-refractivity contribution in [2.45, 2.75) is 13.5 Å². The van der Waals surface area contributed by atoms with Crippen LogP contribution in [0.1, 0.15) is 21.6 Å². The van der Waals surface area contributed by atoms with E-state index in [1.165, 1.54) is 16.8 Å². The zero-order valence-electron chi connectivity index (χ0n) is 13.3. The van der Waals surface area contributed by atoms with Gasteiger partial charge >= 0.3 is 0 Å². The van der Waals surface area contributed by atoms with Crippen LogP contribution >= 0.6 is 11.6 Å². The summed E-state index contributed by atoms with van der Waals surface area (Å²) in [5, 5.41) is 10.2. The van der Waals surface area contributed by atoms with Crippen molar-refractivity contribution < 1.29 is 9.18 Å². The molecule has 3 aromatic rings. The zero-order valence-corrected chi connectivity index (χ0v) is 14.1. The van der Waals surface area contributed by atoms with Gasteiger partial charge in [-0.2, -0.15) is 0 Å². The van der Waals surface area contributed by atoms with E-state index in [1.54, 1.807) is 0 Å². The topological polar surface area (TPSA) is 85.8 Å². The van der Waals surface area contributed by atoms with Crippen LogP contribution in [0.15, 0.2) is 42.5 Å². The number of benzene rings is 2. The normalized spacial score (nSPS) is 10.7. The van der Waals surface area contributed by atoms with E-state index >= 15 is 0 Å². The van der Waals surface area contributed by atoms with E-state index in [2.05, 4.69) is 15.6 Å². The van der Waals surface area contributed by atoms with Gasteiger partial charge in [0.2, 0.25) is 0 Å². The molecule has 3 rings (SSSR count). The number of carbonyl (C=O) groups is 1. The van der Waals surface area contributed by atoms with Gasteiger partial charge in [-0.05, 0) is 30.7 Å². The first kappa shape index (κ1) is 16.9. The molecule has 0 fully saturated rings. The highest BCUT2D eigenvalue weighted by molar-refractivity contribution is 6.31. The lowest BCUT2D eigenvalue weighted by Crippen LogP contribution is -2.15. The lowest BCUT2D eigenvalue weighted by Gasteiger charge is -2.06. The van der Waals surface area contributed by atoms with Crippen molar-refractivity contribution in [2.24, 2.45) is 0 Å². The first-order valence-corrected chi connectivity index (χ1v) is 7.83. The molecule has 0 saturated carbocycles. The number of aromatic nitrogens is 3. The molecule has 128 valence electrons. The Kier molecular flexibility index (Phi) is 4.67. The van der Waals surface area contributed by atoms with Gasteiger partial charge in [0, 0.05) is 5.69 Å². The van der Waals surface area contributed by atoms with Crippen molar-refractivity contribution >= 4 is 29.0 Å². The minimum absolute atomic E-state index is 0.00689. The van der Waals surface area contributed by atoms with Crippen molar-refractivity contribution in [1.82, 2.24) is 15.0 Å². The molecule has 25 heavy (non-hydrogen) atoms. The molecule has 1 amide bonds. The van der Waals surface area contributed by atoms with Gasteiger partial charge in [0.15, 0.2) is 11.5 Å². The molecule has 8 heteroatoms. The Morgan fingerprint density at radius 3 is 2.68 bits per heavy atom. The summed E-state index contributed by atoms with van der Waals surface area (Å²) in [5.41, 5.74) is 8.44. The van der Waals surface area contributed by atoms with E-state index in [9.17, 15) is 9.18 Å². The summed E-state index contributed by atoms with van der Waals surface area (Å²) < 4.78 is 14.6. The Morgan fingerprint density at radius 2 is 2.00 bits per heavy atom. The molecule has 0 saturated heterocycles. The summed E-state index contributed by atoms with van der Waals surface area (Å²) in [6.45, 7) is 2.40. The first-order chi connectivity index (χ1) is 11.9. The Morgan fingerprint density at radius 1 is 1.28 bits per heavy atom. The molecule has 0 unspecified atom stereocenters. The van der Waals surface area contributed by atoms with Crippen molar-refractivity contribution in [1.29, 1.82) is 0 Å². The second-order valence-electron chi connectivity index (χ2n) is 5.55. The van der Waals surface area contributed by atoms with Crippen LogP contribution in [-0.4, -0.2) is 20.9 Å². The van der Waals surface area contributed by atoms with E-state index in [-0.39, 0.29) is 16.5 Å². The van der Waals surface area contributed by atoms with Crippen LogP contribution in [0.4, 0.5) is 15.9 Å². The minimum atomic E-state index is -0.566. The number of anilines is 2. The van der Waals surface area contributed by atoms with Gasteiger partial charge in [0.1, 0.15) is 5.82 Å². The standard InChI is InChI=1S/C17H15ClFN5O/c1-10-2-4-11(5-3-10)9-24-16(20)15(22-23-24)17(25)21-12-6-7-14(19)13(18)8-12/h2-8H,9,20H2,1H3,(H,21,25). The van der Waals surface area contributed by atoms with Crippen LogP contribution in [0.3, 0.4) is 0 Å². The lowest BCUT2D eigenvalue weighted by molar-refractivity contribution is 0.102. The zero-order chi connectivity index (χ0) is 18.0. The molecule has 0 aliphatic heterocycles. The number of aryl methyl sites for hydroxylation is 1. The molecule has 0 aliphatic carbocycles. The summed E-state index contributed by atoms with van der Waals surface area (Å²) >= 11 is 5.70. The number of amides is 1. The first-order valence-electron chi connectivity index (χ1n) is 7.45. The van der Waals surface area contributed by atoms with Gasteiger partial charge in [0.05, 0.1) is 11.6 Å². The van der Waals surface area contributed by atoms with E-state index in [0.29, 0.717) is 12.2 Å². The monoisotopic (exact) mass is 359 g/mol. The van der Waals surface area contributed by atoms with Gasteiger partial charge in [0.25, 0.3) is 5.91 Å². The maximum absolute atomic E-state index is 13.2. The molecule has 0 spiro atoms. The SMILES string of the molecule is Cc1ccc(Cn2nnc(C(=O)Nc3ccc(F)c(Cl)c3)c2N)cc1. The van der Waals surface area contributed by atoms with Crippen LogP contribution in [0, 0.1) is 12.7 Å². The number of nitrogen functional groups attached to an aromatic ring is 1. The Bertz CT molecular complexity index is 923. The van der Waals surface area contributed by atoms with Crippen molar-refractivity contribution in [2.75, 3.05) is 11.1 Å². The van der Waals surface area contributed by atoms with E-state index in [1.807, 2.05) is 31.2 Å². The smallest absolute Gasteiger partial charge is 0.280 e.